The standard InChI is InChI=1S/C53H36N2O/c1-3-14-34(15-4-1)40-31-44(35-16-5-2-6-17-35)52-54-51(55(52)33-40)39-20-13-19-37(30-39)38-27-28-42-43-29-26-36-18-7-8-21-41(36)50(43)53(47(42)32-38)45-22-9-11-24-48(45)56-49-25-12-10-23-46(49)53/h1-33,42,47,52H/p+2. The second kappa shape index (κ2) is 12.1. The number of fused-ring (bicyclic) bond motifs is 12. The lowest BCUT2D eigenvalue weighted by Crippen LogP contribution is -3.05. The molecule has 3 aliphatic heterocycles. The maximum absolute atomic E-state index is 6.70. The average Bonchev–Trinajstić information content (AvgIpc) is 3.55. The van der Waals surface area contributed by atoms with Gasteiger partial charge >= 0.3 is 12.0 Å². The molecule has 56 heavy (non-hydrogen) atoms. The van der Waals surface area contributed by atoms with Crippen molar-refractivity contribution in [3.05, 3.63) is 245 Å². The fourth-order valence-corrected chi connectivity index (χ4v) is 10.4. The molecular weight excluding hydrogens is 681 g/mol. The van der Waals surface area contributed by atoms with Crippen LogP contribution in [-0.2, 0) is 5.41 Å². The van der Waals surface area contributed by atoms with Crippen LogP contribution in [0.5, 0.6) is 11.5 Å². The van der Waals surface area contributed by atoms with Gasteiger partial charge in [0.1, 0.15) is 17.1 Å². The Morgan fingerprint density at radius 2 is 1.23 bits per heavy atom. The number of allylic oxidation sites excluding steroid dienone is 6. The van der Waals surface area contributed by atoms with Gasteiger partial charge in [0.25, 0.3) is 0 Å². The van der Waals surface area contributed by atoms with Crippen molar-refractivity contribution in [3.8, 4) is 11.5 Å². The first-order chi connectivity index (χ1) is 27.8. The molecule has 0 saturated carbocycles. The zero-order chi connectivity index (χ0) is 36.8. The molecule has 3 heterocycles. The largest absolute Gasteiger partial charge is 0.457 e. The summed E-state index contributed by atoms with van der Waals surface area (Å²) < 4.78 is 9.17. The number of quaternary nitrogens is 1. The van der Waals surface area contributed by atoms with Gasteiger partial charge in [-0.3, -0.25) is 0 Å². The van der Waals surface area contributed by atoms with Gasteiger partial charge in [-0.15, -0.1) is 0 Å². The number of amidine groups is 1. The van der Waals surface area contributed by atoms with Crippen LogP contribution in [0.1, 0.15) is 50.4 Å². The maximum Gasteiger partial charge on any atom is 0.384 e. The van der Waals surface area contributed by atoms with Gasteiger partial charge in [0, 0.05) is 28.5 Å². The third kappa shape index (κ3) is 4.46. The van der Waals surface area contributed by atoms with Crippen molar-refractivity contribution in [2.45, 2.75) is 17.5 Å². The van der Waals surface area contributed by atoms with Crippen molar-refractivity contribution in [2.75, 3.05) is 0 Å². The van der Waals surface area contributed by atoms with Gasteiger partial charge in [-0.2, -0.15) is 5.32 Å². The summed E-state index contributed by atoms with van der Waals surface area (Å²) in [5, 5.41) is 5.02. The van der Waals surface area contributed by atoms with Gasteiger partial charge in [-0.1, -0.05) is 168 Å². The van der Waals surface area contributed by atoms with Crippen LogP contribution in [0.2, 0.25) is 0 Å². The molecule has 1 spiro atoms. The lowest BCUT2D eigenvalue weighted by molar-refractivity contribution is -0.845. The Morgan fingerprint density at radius 1 is 0.571 bits per heavy atom. The Labute approximate surface area is 326 Å². The van der Waals surface area contributed by atoms with E-state index in [1.807, 2.05) is 0 Å². The lowest BCUT2D eigenvalue weighted by Gasteiger charge is -2.43. The number of rotatable bonds is 4. The van der Waals surface area contributed by atoms with Gasteiger partial charge in [0.15, 0.2) is 6.20 Å². The van der Waals surface area contributed by atoms with Gasteiger partial charge in [0.2, 0.25) is 0 Å². The summed E-state index contributed by atoms with van der Waals surface area (Å²) in [6.45, 7) is 0. The van der Waals surface area contributed by atoms with Crippen LogP contribution in [0, 0.1) is 5.92 Å². The molecule has 5 aliphatic rings. The highest BCUT2D eigenvalue weighted by Crippen LogP contribution is 2.66. The third-order valence-corrected chi connectivity index (χ3v) is 12.8. The van der Waals surface area contributed by atoms with Gasteiger partial charge < -0.3 is 4.74 Å². The fourth-order valence-electron chi connectivity index (χ4n) is 10.4. The quantitative estimate of drug-likeness (QED) is 0.180. The van der Waals surface area contributed by atoms with Crippen LogP contribution >= 0.6 is 0 Å². The van der Waals surface area contributed by atoms with Crippen molar-refractivity contribution < 1.29 is 14.6 Å². The molecular formula is C53H38N2O+2. The van der Waals surface area contributed by atoms with Gasteiger partial charge in [-0.25, -0.2) is 0 Å². The summed E-state index contributed by atoms with van der Waals surface area (Å²) in [6.07, 6.45) is 12.3. The van der Waals surface area contributed by atoms with Crippen molar-refractivity contribution in [1.82, 2.24) is 0 Å². The molecule has 12 rings (SSSR count). The average molecular weight is 719 g/mol. The van der Waals surface area contributed by atoms with Gasteiger partial charge in [0.05, 0.1) is 11.0 Å². The smallest absolute Gasteiger partial charge is 0.384 e. The molecule has 0 bridgehead atoms. The molecule has 264 valence electrons. The van der Waals surface area contributed by atoms with Gasteiger partial charge in [-0.05, 0) is 74.5 Å². The van der Waals surface area contributed by atoms with E-state index in [-0.39, 0.29) is 18.0 Å². The molecule has 3 nitrogen and oxygen atoms in total. The first-order valence-electron chi connectivity index (χ1n) is 19.7. The number of para-hydroxylation sites is 2. The second-order valence-corrected chi connectivity index (χ2v) is 15.6. The molecule has 0 amide bonds. The molecule has 0 saturated heterocycles. The first kappa shape index (κ1) is 31.5. The van der Waals surface area contributed by atoms with Crippen LogP contribution < -0.4 is 10.1 Å². The van der Waals surface area contributed by atoms with Crippen LogP contribution in [0.15, 0.2) is 200 Å². The number of nitrogens with two attached hydrogens (primary N) is 1. The molecule has 0 fully saturated rings. The minimum atomic E-state index is -0.434. The summed E-state index contributed by atoms with van der Waals surface area (Å²) >= 11 is 0. The number of benzene rings is 7. The van der Waals surface area contributed by atoms with E-state index in [1.165, 1.54) is 77.8 Å². The van der Waals surface area contributed by atoms with Crippen LogP contribution in [0.25, 0.3) is 27.5 Å². The van der Waals surface area contributed by atoms with Crippen molar-refractivity contribution >= 4 is 33.3 Å². The van der Waals surface area contributed by atoms with E-state index in [0.717, 1.165) is 11.5 Å². The van der Waals surface area contributed by atoms with Crippen LogP contribution in [0.4, 0.5) is 0 Å². The normalized spacial score (nSPS) is 20.7. The predicted octanol–water partition coefficient (Wildman–Crippen LogP) is 10.4. The molecule has 3 heteroatoms. The summed E-state index contributed by atoms with van der Waals surface area (Å²) in [6, 6.07) is 61.8. The monoisotopic (exact) mass is 718 g/mol. The number of hydrogen-bond acceptors (Lipinski definition) is 1. The van der Waals surface area contributed by atoms with E-state index in [1.54, 1.807) is 0 Å². The van der Waals surface area contributed by atoms with Crippen molar-refractivity contribution in [2.24, 2.45) is 5.92 Å². The first-order valence-corrected chi connectivity index (χ1v) is 19.7. The second-order valence-electron chi connectivity index (χ2n) is 15.6. The molecule has 0 aromatic heterocycles. The van der Waals surface area contributed by atoms with Crippen molar-refractivity contribution in [3.63, 3.8) is 0 Å². The van der Waals surface area contributed by atoms with E-state index in [2.05, 4.69) is 210 Å². The highest BCUT2D eigenvalue weighted by molar-refractivity contribution is 5.96. The number of ether oxygens (including phenoxy) is 1. The van der Waals surface area contributed by atoms with E-state index in [9.17, 15) is 0 Å². The summed E-state index contributed by atoms with van der Waals surface area (Å²) in [5.41, 5.74) is 13.6. The number of hydrogen-bond donors (Lipinski definition) is 1. The predicted molar refractivity (Wildman–Crippen MR) is 225 cm³/mol. The Bertz CT molecular complexity index is 2880. The highest BCUT2D eigenvalue weighted by Gasteiger charge is 2.57. The van der Waals surface area contributed by atoms with Crippen molar-refractivity contribution in [1.29, 1.82) is 0 Å². The summed E-state index contributed by atoms with van der Waals surface area (Å²) in [4.78, 5) is 0. The fraction of sp³-hybridized carbons (Fsp3) is 0.0755. The Morgan fingerprint density at radius 3 is 2.02 bits per heavy atom. The van der Waals surface area contributed by atoms with E-state index in [0.29, 0.717) is 0 Å². The highest BCUT2D eigenvalue weighted by atomic mass is 16.5. The summed E-state index contributed by atoms with van der Waals surface area (Å²) in [7, 11) is 0. The molecule has 3 unspecified atom stereocenters. The molecule has 0 radical (unpaired) electrons. The Balaban J connectivity index is 1.02. The topological polar surface area (TPSA) is 28.9 Å². The minimum absolute atomic E-state index is 0.141. The third-order valence-electron chi connectivity index (χ3n) is 12.8. The molecule has 3 atom stereocenters. The SMILES string of the molecule is C1=CC2c3ccc4ccccc4c3C3(c4ccccc4Oc4ccccc43)C2C=C1c1cccc(C2=[N+]3C=C(c4ccccc4)C=C(c4ccccc4)C3[NH2+]2)c1. The molecule has 2 N–H and O–H groups in total. The van der Waals surface area contributed by atoms with E-state index >= 15 is 0 Å². The van der Waals surface area contributed by atoms with Crippen LogP contribution in [-0.4, -0.2) is 16.6 Å². The molecule has 2 aliphatic carbocycles. The van der Waals surface area contributed by atoms with Crippen LogP contribution in [0.3, 0.4) is 0 Å². The summed E-state index contributed by atoms with van der Waals surface area (Å²) in [5.74, 6) is 3.49. The lowest BCUT2D eigenvalue weighted by atomic mass is 9.61. The molecule has 7 aromatic carbocycles. The van der Waals surface area contributed by atoms with E-state index < -0.39 is 5.41 Å². The minimum Gasteiger partial charge on any atom is -0.457 e. The Kier molecular flexibility index (Phi) is 6.81. The maximum atomic E-state index is 6.70. The Hall–Kier alpha value is -6.81. The van der Waals surface area contributed by atoms with E-state index in [4.69, 9.17) is 4.74 Å². The molecule has 7 aromatic rings. The number of nitrogens with zero attached hydrogens (tertiary/aromatic N) is 1. The zero-order valence-electron chi connectivity index (χ0n) is 30.7. The zero-order valence-corrected chi connectivity index (χ0v) is 30.7.